The number of aliphatic hydroxyl groups excluding tert-OH is 1. The van der Waals surface area contributed by atoms with Crippen LogP contribution >= 0.6 is 11.3 Å². The number of nitrogens with zero attached hydrogens (tertiary/aromatic N) is 1. The molecule has 4 N–H and O–H groups in total. The highest BCUT2D eigenvalue weighted by Gasteiger charge is 2.28. The lowest BCUT2D eigenvalue weighted by atomic mass is 9.79. The Morgan fingerprint density at radius 3 is 2.68 bits per heavy atom. The van der Waals surface area contributed by atoms with Crippen molar-refractivity contribution in [3.8, 4) is 10.4 Å². The summed E-state index contributed by atoms with van der Waals surface area (Å²) in [6.07, 6.45) is 4.99. The van der Waals surface area contributed by atoms with Gasteiger partial charge in [0.1, 0.15) is 11.1 Å². The summed E-state index contributed by atoms with van der Waals surface area (Å²) >= 11 is 1.49. The number of aryl methyl sites for hydroxylation is 1. The first-order valence-electron chi connectivity index (χ1n) is 8.66. The molecule has 2 aromatic rings. The zero-order valence-electron chi connectivity index (χ0n) is 14.3. The van der Waals surface area contributed by atoms with Crippen molar-refractivity contribution in [3.63, 3.8) is 0 Å². The summed E-state index contributed by atoms with van der Waals surface area (Å²) in [4.78, 5) is 16.4. The van der Waals surface area contributed by atoms with Gasteiger partial charge in [0.25, 0.3) is 0 Å². The number of benzene rings is 1. The lowest BCUT2D eigenvalue weighted by molar-refractivity contribution is -0.143. The van der Waals surface area contributed by atoms with Crippen LogP contribution in [0.2, 0.25) is 0 Å². The molecule has 1 unspecified atom stereocenters. The lowest BCUT2D eigenvalue weighted by Gasteiger charge is -2.27. The molecule has 5 nitrogen and oxygen atoms in total. The Morgan fingerprint density at radius 2 is 2.04 bits per heavy atom. The summed E-state index contributed by atoms with van der Waals surface area (Å²) in [6.45, 7) is 2.00. The van der Waals surface area contributed by atoms with E-state index < -0.39 is 12.1 Å². The third-order valence-corrected chi connectivity index (χ3v) is 6.09. The second-order valence-corrected chi connectivity index (χ2v) is 8.06. The number of carboxylic acid groups (broad SMARTS) is 1. The number of nitrogens with two attached hydrogens (primary N) is 1. The Hall–Kier alpha value is -1.92. The molecule has 0 bridgehead atoms. The van der Waals surface area contributed by atoms with Crippen molar-refractivity contribution in [2.75, 3.05) is 5.73 Å². The van der Waals surface area contributed by atoms with E-state index in [4.69, 9.17) is 10.8 Å². The Balaban J connectivity index is 1.63. The Kier molecular flexibility index (Phi) is 5.39. The summed E-state index contributed by atoms with van der Waals surface area (Å²) in [5, 5.41) is 20.3. The van der Waals surface area contributed by atoms with Gasteiger partial charge in [-0.05, 0) is 68.2 Å². The SMILES string of the molecule is Cc1cc(N)cc(-c2cnc(C(O)CC3CCC(C(=O)O)CC3)s2)c1. The van der Waals surface area contributed by atoms with Gasteiger partial charge in [-0.3, -0.25) is 4.79 Å². The summed E-state index contributed by atoms with van der Waals surface area (Å²) in [7, 11) is 0. The first-order chi connectivity index (χ1) is 11.9. The third-order valence-electron chi connectivity index (χ3n) is 4.95. The maximum absolute atomic E-state index is 11.0. The molecule has 0 saturated heterocycles. The predicted molar refractivity (Wildman–Crippen MR) is 99.4 cm³/mol. The zero-order valence-corrected chi connectivity index (χ0v) is 15.1. The largest absolute Gasteiger partial charge is 0.481 e. The molecule has 25 heavy (non-hydrogen) atoms. The summed E-state index contributed by atoms with van der Waals surface area (Å²) in [5.41, 5.74) is 8.76. The van der Waals surface area contributed by atoms with Crippen LogP contribution < -0.4 is 5.73 Å². The molecule has 3 rings (SSSR count). The van der Waals surface area contributed by atoms with Crippen LogP contribution in [0.25, 0.3) is 10.4 Å². The quantitative estimate of drug-likeness (QED) is 0.700. The predicted octanol–water partition coefficient (Wildman–Crippen LogP) is 4.02. The van der Waals surface area contributed by atoms with Gasteiger partial charge in [0.2, 0.25) is 0 Å². The molecular formula is C19H24N2O3S. The van der Waals surface area contributed by atoms with Crippen molar-refractivity contribution in [1.29, 1.82) is 0 Å². The third kappa shape index (κ3) is 4.38. The van der Waals surface area contributed by atoms with Crippen LogP contribution in [0.15, 0.2) is 24.4 Å². The van der Waals surface area contributed by atoms with Crippen LogP contribution in [0.4, 0.5) is 5.69 Å². The minimum atomic E-state index is -0.694. The van der Waals surface area contributed by atoms with E-state index >= 15 is 0 Å². The average Bonchev–Trinajstić information content (AvgIpc) is 3.04. The number of carboxylic acids is 1. The minimum absolute atomic E-state index is 0.216. The van der Waals surface area contributed by atoms with Crippen LogP contribution in [0.5, 0.6) is 0 Å². The maximum atomic E-state index is 11.0. The first kappa shape index (κ1) is 17.9. The van der Waals surface area contributed by atoms with Gasteiger partial charge >= 0.3 is 5.97 Å². The number of rotatable bonds is 5. The highest BCUT2D eigenvalue weighted by Crippen LogP contribution is 2.37. The van der Waals surface area contributed by atoms with Crippen molar-refractivity contribution in [3.05, 3.63) is 35.0 Å². The number of nitrogen functional groups attached to an aromatic ring is 1. The second-order valence-electron chi connectivity index (χ2n) is 7.00. The smallest absolute Gasteiger partial charge is 0.306 e. The molecule has 0 spiro atoms. The van der Waals surface area contributed by atoms with Crippen LogP contribution in [0, 0.1) is 18.8 Å². The van der Waals surface area contributed by atoms with E-state index in [1.54, 1.807) is 6.20 Å². The average molecular weight is 360 g/mol. The molecule has 1 aliphatic carbocycles. The number of aliphatic hydroxyl groups is 1. The van der Waals surface area contributed by atoms with Crippen molar-refractivity contribution >= 4 is 23.0 Å². The lowest BCUT2D eigenvalue weighted by Crippen LogP contribution is -2.22. The molecule has 1 saturated carbocycles. The summed E-state index contributed by atoms with van der Waals surface area (Å²) < 4.78 is 0. The van der Waals surface area contributed by atoms with Gasteiger partial charge in [-0.15, -0.1) is 11.3 Å². The molecule has 6 heteroatoms. The van der Waals surface area contributed by atoms with Gasteiger partial charge in [-0.25, -0.2) is 4.98 Å². The molecule has 1 fully saturated rings. The van der Waals surface area contributed by atoms with E-state index in [-0.39, 0.29) is 5.92 Å². The number of hydrogen-bond donors (Lipinski definition) is 3. The molecule has 0 amide bonds. The normalized spacial score (nSPS) is 21.8. The van der Waals surface area contributed by atoms with Crippen LogP contribution in [0.3, 0.4) is 0 Å². The minimum Gasteiger partial charge on any atom is -0.481 e. The van der Waals surface area contributed by atoms with Gasteiger partial charge in [-0.2, -0.15) is 0 Å². The topological polar surface area (TPSA) is 96.4 Å². The summed E-state index contributed by atoms with van der Waals surface area (Å²) in [6, 6.07) is 5.91. The van der Waals surface area contributed by atoms with E-state index in [0.29, 0.717) is 25.2 Å². The molecule has 134 valence electrons. The number of carbonyl (C=O) groups is 1. The number of thiazole rings is 1. The van der Waals surface area contributed by atoms with Gasteiger partial charge in [0.15, 0.2) is 0 Å². The zero-order chi connectivity index (χ0) is 18.0. The second kappa shape index (κ2) is 7.54. The number of hydrogen-bond acceptors (Lipinski definition) is 5. The monoisotopic (exact) mass is 360 g/mol. The molecule has 1 heterocycles. The highest BCUT2D eigenvalue weighted by atomic mass is 32.1. The standard InChI is InChI=1S/C19H24N2O3S/c1-11-6-14(9-15(20)7-11)17-10-21-18(25-17)16(22)8-12-2-4-13(5-3-12)19(23)24/h6-7,9-10,12-13,16,22H,2-5,8,20H2,1H3,(H,23,24). The van der Waals surface area contributed by atoms with Crippen molar-refractivity contribution in [2.24, 2.45) is 11.8 Å². The van der Waals surface area contributed by atoms with Gasteiger partial charge in [0, 0.05) is 11.9 Å². The van der Waals surface area contributed by atoms with E-state index in [2.05, 4.69) is 11.1 Å². The van der Waals surface area contributed by atoms with Crippen LogP contribution in [0.1, 0.15) is 48.8 Å². The van der Waals surface area contributed by atoms with Crippen molar-refractivity contribution in [1.82, 2.24) is 4.98 Å². The van der Waals surface area contributed by atoms with E-state index in [1.807, 2.05) is 19.1 Å². The maximum Gasteiger partial charge on any atom is 0.306 e. The summed E-state index contributed by atoms with van der Waals surface area (Å²) in [5.74, 6) is -0.541. The van der Waals surface area contributed by atoms with Gasteiger partial charge in [0.05, 0.1) is 10.8 Å². The van der Waals surface area contributed by atoms with Crippen LogP contribution in [-0.2, 0) is 4.79 Å². The molecule has 1 aliphatic rings. The van der Waals surface area contributed by atoms with E-state index in [9.17, 15) is 9.90 Å². The molecular weight excluding hydrogens is 336 g/mol. The molecule has 0 aliphatic heterocycles. The number of anilines is 1. The van der Waals surface area contributed by atoms with Crippen molar-refractivity contribution < 1.29 is 15.0 Å². The Morgan fingerprint density at radius 1 is 1.32 bits per heavy atom. The van der Waals surface area contributed by atoms with Gasteiger partial charge < -0.3 is 15.9 Å². The van der Waals surface area contributed by atoms with E-state index in [0.717, 1.165) is 39.5 Å². The number of aromatic nitrogens is 1. The Bertz CT molecular complexity index is 731. The number of aliphatic carboxylic acids is 1. The van der Waals surface area contributed by atoms with Gasteiger partial charge in [-0.1, -0.05) is 6.07 Å². The Labute approximate surface area is 151 Å². The van der Waals surface area contributed by atoms with Crippen molar-refractivity contribution in [2.45, 2.75) is 45.1 Å². The highest BCUT2D eigenvalue weighted by molar-refractivity contribution is 7.15. The molecule has 1 atom stereocenters. The fourth-order valence-electron chi connectivity index (χ4n) is 3.59. The van der Waals surface area contributed by atoms with Crippen LogP contribution in [-0.4, -0.2) is 21.2 Å². The fraction of sp³-hybridized carbons (Fsp3) is 0.474. The first-order valence-corrected chi connectivity index (χ1v) is 9.48. The molecule has 1 aromatic heterocycles. The van der Waals surface area contributed by atoms with E-state index in [1.165, 1.54) is 11.3 Å². The molecule has 0 radical (unpaired) electrons. The molecule has 1 aromatic carbocycles. The fourth-order valence-corrected chi connectivity index (χ4v) is 4.50.